The maximum absolute atomic E-state index is 12.4. The molecule has 2 N–H and O–H groups in total. The fourth-order valence-corrected chi connectivity index (χ4v) is 2.51. The molecule has 1 heterocycles. The number of halogens is 3. The summed E-state index contributed by atoms with van der Waals surface area (Å²) in [5.41, 5.74) is -1.38. The molecule has 1 aliphatic heterocycles. The van der Waals surface area contributed by atoms with Gasteiger partial charge in [-0.15, -0.1) is 0 Å². The molecule has 0 bridgehead atoms. The molecule has 1 fully saturated rings. The number of benzene rings is 1. The molecule has 0 aliphatic carbocycles. The first kappa shape index (κ1) is 17.3. The van der Waals surface area contributed by atoms with Crippen molar-refractivity contribution in [2.24, 2.45) is 5.41 Å². The molecular formula is C15H17F3N2O3. The van der Waals surface area contributed by atoms with Crippen LogP contribution in [0.2, 0.25) is 0 Å². The van der Waals surface area contributed by atoms with Gasteiger partial charge in [0.15, 0.2) is 0 Å². The van der Waals surface area contributed by atoms with Crippen molar-refractivity contribution in [3.63, 3.8) is 0 Å². The first-order chi connectivity index (χ1) is 10.6. The Bertz CT molecular complexity index is 601. The van der Waals surface area contributed by atoms with E-state index in [2.05, 4.69) is 5.32 Å². The van der Waals surface area contributed by atoms with Gasteiger partial charge in [-0.25, -0.2) is 0 Å². The van der Waals surface area contributed by atoms with E-state index in [-0.39, 0.29) is 24.7 Å². The normalized spacial score (nSPS) is 22.1. The predicted molar refractivity (Wildman–Crippen MR) is 76.9 cm³/mol. The molecule has 1 aromatic rings. The number of anilines is 1. The fourth-order valence-electron chi connectivity index (χ4n) is 2.51. The molecule has 1 atom stereocenters. The van der Waals surface area contributed by atoms with Crippen LogP contribution in [-0.2, 0) is 15.8 Å². The maximum atomic E-state index is 12.4. The molecule has 8 heteroatoms. The minimum Gasteiger partial charge on any atom is -0.481 e. The van der Waals surface area contributed by atoms with Crippen LogP contribution in [-0.4, -0.2) is 41.5 Å². The van der Waals surface area contributed by atoms with E-state index in [0.29, 0.717) is 13.0 Å². The molecule has 1 aliphatic rings. The number of carboxylic acid groups (broad SMARTS) is 1. The molecule has 5 nitrogen and oxygen atoms in total. The zero-order valence-corrected chi connectivity index (χ0v) is 12.5. The summed E-state index contributed by atoms with van der Waals surface area (Å²) in [6, 6.07) is 4.16. The molecule has 1 aromatic carbocycles. The van der Waals surface area contributed by atoms with Crippen LogP contribution in [0.5, 0.6) is 0 Å². The smallest absolute Gasteiger partial charge is 0.416 e. The van der Waals surface area contributed by atoms with Crippen LogP contribution in [0.1, 0.15) is 18.9 Å². The lowest BCUT2D eigenvalue weighted by molar-refractivity contribution is -0.147. The highest BCUT2D eigenvalue weighted by atomic mass is 19.4. The summed E-state index contributed by atoms with van der Waals surface area (Å²) in [4.78, 5) is 24.8. The summed E-state index contributed by atoms with van der Waals surface area (Å²) in [6.07, 6.45) is -3.96. The van der Waals surface area contributed by atoms with E-state index in [1.807, 2.05) is 0 Å². The van der Waals surface area contributed by atoms with Gasteiger partial charge in [0.05, 0.1) is 17.5 Å². The third-order valence-corrected chi connectivity index (χ3v) is 3.93. The standard InChI is InChI=1S/C15H17F3N2O3/c1-14(13(22)23)6-7-20(9-14)8-12(21)19-11-4-2-10(3-5-11)15(16,17)18/h2-5H,6-9H2,1H3,(H,19,21)(H,22,23). The highest BCUT2D eigenvalue weighted by Gasteiger charge is 2.40. The number of alkyl halides is 3. The van der Waals surface area contributed by atoms with E-state index in [0.717, 1.165) is 12.1 Å². The van der Waals surface area contributed by atoms with Gasteiger partial charge < -0.3 is 10.4 Å². The van der Waals surface area contributed by atoms with Gasteiger partial charge in [-0.1, -0.05) is 0 Å². The van der Waals surface area contributed by atoms with Crippen molar-refractivity contribution in [2.45, 2.75) is 19.5 Å². The quantitative estimate of drug-likeness (QED) is 0.890. The molecule has 2 rings (SSSR count). The number of hydrogen-bond donors (Lipinski definition) is 2. The van der Waals surface area contributed by atoms with Crippen LogP contribution in [0.15, 0.2) is 24.3 Å². The average molecular weight is 330 g/mol. The molecular weight excluding hydrogens is 313 g/mol. The minimum atomic E-state index is -4.42. The van der Waals surface area contributed by atoms with Crippen LogP contribution in [0.4, 0.5) is 18.9 Å². The van der Waals surface area contributed by atoms with E-state index in [1.165, 1.54) is 12.1 Å². The van der Waals surface area contributed by atoms with Gasteiger partial charge in [0.1, 0.15) is 0 Å². The second kappa shape index (κ2) is 6.19. The largest absolute Gasteiger partial charge is 0.481 e. The average Bonchev–Trinajstić information content (AvgIpc) is 2.81. The first-order valence-electron chi connectivity index (χ1n) is 7.03. The Morgan fingerprint density at radius 3 is 2.39 bits per heavy atom. The van der Waals surface area contributed by atoms with Crippen molar-refractivity contribution in [3.8, 4) is 0 Å². The maximum Gasteiger partial charge on any atom is 0.416 e. The van der Waals surface area contributed by atoms with E-state index >= 15 is 0 Å². The zero-order valence-electron chi connectivity index (χ0n) is 12.5. The Kier molecular flexibility index (Phi) is 4.65. The number of hydrogen-bond acceptors (Lipinski definition) is 3. The number of amides is 1. The van der Waals surface area contributed by atoms with E-state index in [4.69, 9.17) is 5.11 Å². The summed E-state index contributed by atoms with van der Waals surface area (Å²) in [6.45, 7) is 2.39. The van der Waals surface area contributed by atoms with Crippen molar-refractivity contribution >= 4 is 17.6 Å². The highest BCUT2D eigenvalue weighted by Crippen LogP contribution is 2.31. The highest BCUT2D eigenvalue weighted by molar-refractivity contribution is 5.92. The van der Waals surface area contributed by atoms with Crippen molar-refractivity contribution in [1.82, 2.24) is 4.90 Å². The Hall–Kier alpha value is -2.09. The minimum absolute atomic E-state index is 0.00386. The molecule has 0 radical (unpaired) electrons. The monoisotopic (exact) mass is 330 g/mol. The van der Waals surface area contributed by atoms with Gasteiger partial charge in [-0.05, 0) is 44.2 Å². The number of carbonyl (C=O) groups excluding carboxylic acids is 1. The molecule has 0 saturated carbocycles. The zero-order chi connectivity index (χ0) is 17.3. The van der Waals surface area contributed by atoms with Gasteiger partial charge >= 0.3 is 12.1 Å². The van der Waals surface area contributed by atoms with E-state index in [1.54, 1.807) is 11.8 Å². The molecule has 23 heavy (non-hydrogen) atoms. The first-order valence-corrected chi connectivity index (χ1v) is 7.03. The lowest BCUT2D eigenvalue weighted by atomic mass is 9.90. The van der Waals surface area contributed by atoms with Crippen molar-refractivity contribution in [2.75, 3.05) is 25.0 Å². The number of nitrogens with one attached hydrogen (secondary N) is 1. The second-order valence-corrected chi connectivity index (χ2v) is 5.95. The number of carboxylic acids is 1. The van der Waals surface area contributed by atoms with Gasteiger partial charge in [-0.3, -0.25) is 14.5 Å². The number of aliphatic carboxylic acids is 1. The van der Waals surface area contributed by atoms with Crippen LogP contribution in [0.3, 0.4) is 0 Å². The van der Waals surface area contributed by atoms with E-state index < -0.39 is 23.1 Å². The van der Waals surface area contributed by atoms with E-state index in [9.17, 15) is 22.8 Å². The summed E-state index contributed by atoms with van der Waals surface area (Å²) in [5, 5.41) is 11.6. The number of likely N-dealkylation sites (tertiary alicyclic amines) is 1. The lowest BCUT2D eigenvalue weighted by Gasteiger charge is -2.19. The number of nitrogens with zero attached hydrogens (tertiary/aromatic N) is 1. The molecule has 1 unspecified atom stereocenters. The van der Waals surface area contributed by atoms with Gasteiger partial charge in [0.2, 0.25) is 5.91 Å². The summed E-state index contributed by atoms with van der Waals surface area (Å²) in [7, 11) is 0. The third kappa shape index (κ3) is 4.22. The second-order valence-electron chi connectivity index (χ2n) is 5.95. The fraction of sp³-hybridized carbons (Fsp3) is 0.467. The van der Waals surface area contributed by atoms with Crippen molar-refractivity contribution < 1.29 is 27.9 Å². The SMILES string of the molecule is CC1(C(=O)O)CCN(CC(=O)Nc2ccc(C(F)(F)F)cc2)C1. The number of rotatable bonds is 4. The Labute approximate surface area is 131 Å². The summed E-state index contributed by atoms with van der Waals surface area (Å²) in [5.74, 6) is -1.29. The molecule has 126 valence electrons. The Morgan fingerprint density at radius 2 is 1.91 bits per heavy atom. The molecule has 1 saturated heterocycles. The van der Waals surface area contributed by atoms with Crippen LogP contribution >= 0.6 is 0 Å². The predicted octanol–water partition coefficient (Wildman–Crippen LogP) is 2.44. The Balaban J connectivity index is 1.90. The lowest BCUT2D eigenvalue weighted by Crippen LogP contribution is -2.35. The topological polar surface area (TPSA) is 69.6 Å². The van der Waals surface area contributed by atoms with Crippen LogP contribution in [0.25, 0.3) is 0 Å². The summed E-state index contributed by atoms with van der Waals surface area (Å²) < 4.78 is 37.3. The molecule has 0 spiro atoms. The molecule has 1 amide bonds. The van der Waals surface area contributed by atoms with Crippen LogP contribution < -0.4 is 5.32 Å². The van der Waals surface area contributed by atoms with Crippen molar-refractivity contribution in [1.29, 1.82) is 0 Å². The summed E-state index contributed by atoms with van der Waals surface area (Å²) >= 11 is 0. The third-order valence-electron chi connectivity index (χ3n) is 3.93. The van der Waals surface area contributed by atoms with Gasteiger partial charge in [0, 0.05) is 12.2 Å². The van der Waals surface area contributed by atoms with Gasteiger partial charge in [0.25, 0.3) is 0 Å². The molecule has 0 aromatic heterocycles. The van der Waals surface area contributed by atoms with Crippen LogP contribution in [0, 0.1) is 5.41 Å². The Morgan fingerprint density at radius 1 is 1.30 bits per heavy atom. The van der Waals surface area contributed by atoms with Gasteiger partial charge in [-0.2, -0.15) is 13.2 Å². The van der Waals surface area contributed by atoms with Crippen molar-refractivity contribution in [3.05, 3.63) is 29.8 Å². The number of carbonyl (C=O) groups is 2.